The van der Waals surface area contributed by atoms with E-state index in [1.807, 2.05) is 0 Å². The van der Waals surface area contributed by atoms with Crippen molar-refractivity contribution in [3.05, 3.63) is 58.7 Å². The number of benzene rings is 3. The highest BCUT2D eigenvalue weighted by atomic mass is 16.3. The normalized spacial score (nSPS) is 10.9. The SMILES string of the molecule is Cc1cc(-c2c[c]c(O)c(-c3cc(C)c(O)c(C)c3)c2O)cc(C)c1O. The van der Waals surface area contributed by atoms with E-state index in [0.29, 0.717) is 33.4 Å². The third-order valence-electron chi connectivity index (χ3n) is 4.66. The standard InChI is InChI=1S/C22H21O4/c1-11-7-15(8-12(2)20(11)24)17-5-6-18(23)19(22(17)26)16-9-13(3)21(25)14(4)10-16/h5,7-10,23-26H,1-4H3. The Bertz CT molecular complexity index is 973. The van der Waals surface area contributed by atoms with Gasteiger partial charge in [-0.25, -0.2) is 0 Å². The van der Waals surface area contributed by atoms with E-state index in [9.17, 15) is 20.4 Å². The Hall–Kier alpha value is -3.14. The second kappa shape index (κ2) is 6.30. The molecular weight excluding hydrogens is 328 g/mol. The average molecular weight is 349 g/mol. The van der Waals surface area contributed by atoms with Gasteiger partial charge in [0.05, 0.1) is 5.56 Å². The highest BCUT2D eigenvalue weighted by Crippen LogP contribution is 2.45. The Labute approximate surface area is 152 Å². The highest BCUT2D eigenvalue weighted by Gasteiger charge is 2.18. The van der Waals surface area contributed by atoms with Gasteiger partial charge in [0, 0.05) is 11.6 Å². The van der Waals surface area contributed by atoms with Crippen LogP contribution in [0.4, 0.5) is 0 Å². The summed E-state index contributed by atoms with van der Waals surface area (Å²) in [7, 11) is 0. The van der Waals surface area contributed by atoms with Crippen molar-refractivity contribution < 1.29 is 20.4 Å². The highest BCUT2D eigenvalue weighted by molar-refractivity contribution is 5.86. The van der Waals surface area contributed by atoms with E-state index >= 15 is 0 Å². The Morgan fingerprint density at radius 3 is 1.50 bits per heavy atom. The van der Waals surface area contributed by atoms with Crippen molar-refractivity contribution in [1.29, 1.82) is 0 Å². The zero-order chi connectivity index (χ0) is 19.2. The lowest BCUT2D eigenvalue weighted by Gasteiger charge is -2.15. The van der Waals surface area contributed by atoms with Crippen LogP contribution in [0.2, 0.25) is 0 Å². The molecule has 0 saturated carbocycles. The van der Waals surface area contributed by atoms with Crippen LogP contribution in [0.25, 0.3) is 22.3 Å². The monoisotopic (exact) mass is 349 g/mol. The molecule has 3 rings (SSSR count). The minimum Gasteiger partial charge on any atom is -0.507 e. The second-order valence-corrected chi connectivity index (χ2v) is 6.69. The van der Waals surface area contributed by atoms with E-state index in [0.717, 1.165) is 5.56 Å². The van der Waals surface area contributed by atoms with Crippen LogP contribution in [0, 0.1) is 33.8 Å². The predicted octanol–water partition coefficient (Wildman–Crippen LogP) is 4.88. The molecule has 4 N–H and O–H groups in total. The maximum Gasteiger partial charge on any atom is 0.135 e. The topological polar surface area (TPSA) is 80.9 Å². The van der Waals surface area contributed by atoms with Gasteiger partial charge in [-0.05, 0) is 91.4 Å². The molecule has 0 atom stereocenters. The van der Waals surface area contributed by atoms with Gasteiger partial charge in [-0.15, -0.1) is 0 Å². The van der Waals surface area contributed by atoms with Crippen LogP contribution in [0.1, 0.15) is 22.3 Å². The molecule has 26 heavy (non-hydrogen) atoms. The molecule has 0 bridgehead atoms. The fourth-order valence-corrected chi connectivity index (χ4v) is 3.23. The van der Waals surface area contributed by atoms with Crippen molar-refractivity contribution >= 4 is 0 Å². The predicted molar refractivity (Wildman–Crippen MR) is 102 cm³/mol. The lowest BCUT2D eigenvalue weighted by molar-refractivity contribution is 0.454. The van der Waals surface area contributed by atoms with Crippen molar-refractivity contribution in [2.45, 2.75) is 27.7 Å². The van der Waals surface area contributed by atoms with Crippen LogP contribution >= 0.6 is 0 Å². The number of aromatic hydroxyl groups is 4. The number of phenolic OH excluding ortho intramolecular Hbond substituents is 4. The van der Waals surface area contributed by atoms with Crippen LogP contribution in [0.3, 0.4) is 0 Å². The Morgan fingerprint density at radius 2 is 1.04 bits per heavy atom. The van der Waals surface area contributed by atoms with E-state index in [1.165, 1.54) is 6.07 Å². The van der Waals surface area contributed by atoms with Crippen molar-refractivity contribution in [3.8, 4) is 45.3 Å². The molecule has 0 aromatic heterocycles. The van der Waals surface area contributed by atoms with E-state index in [1.54, 1.807) is 52.0 Å². The van der Waals surface area contributed by atoms with Crippen LogP contribution in [0.5, 0.6) is 23.0 Å². The minimum atomic E-state index is -0.164. The molecule has 0 aliphatic heterocycles. The first-order valence-corrected chi connectivity index (χ1v) is 8.28. The summed E-state index contributed by atoms with van der Waals surface area (Å²) < 4.78 is 0. The molecule has 0 heterocycles. The Kier molecular flexibility index (Phi) is 4.28. The Morgan fingerprint density at radius 1 is 0.615 bits per heavy atom. The quantitative estimate of drug-likeness (QED) is 0.532. The molecule has 0 fully saturated rings. The van der Waals surface area contributed by atoms with Gasteiger partial charge < -0.3 is 20.4 Å². The number of hydrogen-bond donors (Lipinski definition) is 4. The van der Waals surface area contributed by atoms with Crippen molar-refractivity contribution in [2.24, 2.45) is 0 Å². The Balaban J connectivity index is 2.26. The van der Waals surface area contributed by atoms with Gasteiger partial charge in [-0.2, -0.15) is 0 Å². The molecule has 4 heteroatoms. The lowest BCUT2D eigenvalue weighted by Crippen LogP contribution is -1.90. The zero-order valence-electron chi connectivity index (χ0n) is 15.2. The molecule has 1 radical (unpaired) electrons. The zero-order valence-corrected chi connectivity index (χ0v) is 15.2. The molecule has 3 aromatic carbocycles. The molecule has 133 valence electrons. The third kappa shape index (κ3) is 2.84. The minimum absolute atomic E-state index is 0.0739. The molecule has 3 aromatic rings. The van der Waals surface area contributed by atoms with Crippen molar-refractivity contribution in [3.63, 3.8) is 0 Å². The van der Waals surface area contributed by atoms with E-state index in [2.05, 4.69) is 6.07 Å². The fourth-order valence-electron chi connectivity index (χ4n) is 3.23. The molecular formula is C22H21O4. The molecule has 0 unspecified atom stereocenters. The van der Waals surface area contributed by atoms with Gasteiger partial charge in [0.2, 0.25) is 0 Å². The first-order valence-electron chi connectivity index (χ1n) is 8.28. The summed E-state index contributed by atoms with van der Waals surface area (Å²) in [6, 6.07) is 11.3. The maximum absolute atomic E-state index is 10.9. The first kappa shape index (κ1) is 17.7. The van der Waals surface area contributed by atoms with E-state index in [4.69, 9.17) is 0 Å². The average Bonchev–Trinajstić information content (AvgIpc) is 2.57. The number of phenols is 4. The summed E-state index contributed by atoms with van der Waals surface area (Å²) in [4.78, 5) is 0. The van der Waals surface area contributed by atoms with Crippen LogP contribution in [-0.2, 0) is 0 Å². The molecule has 0 aliphatic carbocycles. The summed E-state index contributed by atoms with van der Waals surface area (Å²) in [5.41, 5.74) is 4.79. The van der Waals surface area contributed by atoms with Gasteiger partial charge in [-0.3, -0.25) is 0 Å². The van der Waals surface area contributed by atoms with Crippen LogP contribution in [-0.4, -0.2) is 20.4 Å². The van der Waals surface area contributed by atoms with Crippen LogP contribution in [0.15, 0.2) is 30.3 Å². The summed E-state index contributed by atoms with van der Waals surface area (Å²) >= 11 is 0. The fraction of sp³-hybridized carbons (Fsp3) is 0.182. The van der Waals surface area contributed by atoms with Gasteiger partial charge >= 0.3 is 0 Å². The molecule has 0 spiro atoms. The maximum atomic E-state index is 10.9. The largest absolute Gasteiger partial charge is 0.507 e. The van der Waals surface area contributed by atoms with Gasteiger partial charge in [0.15, 0.2) is 0 Å². The molecule has 4 nitrogen and oxygen atoms in total. The number of hydrogen-bond acceptors (Lipinski definition) is 4. The molecule has 0 amide bonds. The molecule has 0 saturated heterocycles. The van der Waals surface area contributed by atoms with E-state index in [-0.39, 0.29) is 28.6 Å². The smallest absolute Gasteiger partial charge is 0.135 e. The van der Waals surface area contributed by atoms with E-state index < -0.39 is 0 Å². The summed E-state index contributed by atoms with van der Waals surface area (Å²) in [5, 5.41) is 41.1. The summed E-state index contributed by atoms with van der Waals surface area (Å²) in [6.07, 6.45) is 0. The van der Waals surface area contributed by atoms with Gasteiger partial charge in [-0.1, -0.05) is 0 Å². The van der Waals surface area contributed by atoms with Crippen LogP contribution < -0.4 is 0 Å². The number of rotatable bonds is 2. The second-order valence-electron chi connectivity index (χ2n) is 6.69. The van der Waals surface area contributed by atoms with Gasteiger partial charge in [0.25, 0.3) is 0 Å². The first-order chi connectivity index (χ1) is 12.2. The van der Waals surface area contributed by atoms with Gasteiger partial charge in [0.1, 0.15) is 23.0 Å². The van der Waals surface area contributed by atoms with Crippen molar-refractivity contribution in [2.75, 3.05) is 0 Å². The summed E-state index contributed by atoms with van der Waals surface area (Å²) in [6.45, 7) is 7.11. The molecule has 0 aliphatic rings. The van der Waals surface area contributed by atoms with Crippen molar-refractivity contribution in [1.82, 2.24) is 0 Å². The third-order valence-corrected chi connectivity index (χ3v) is 4.66. The lowest BCUT2D eigenvalue weighted by atomic mass is 9.93. The summed E-state index contributed by atoms with van der Waals surface area (Å²) in [5.74, 6) is 0.178. The number of aryl methyl sites for hydroxylation is 4.